The van der Waals surface area contributed by atoms with Gasteiger partial charge in [-0.3, -0.25) is 19.3 Å². The smallest absolute Gasteiger partial charge is 0.329 e. The number of imide groups is 1. The van der Waals surface area contributed by atoms with Gasteiger partial charge >= 0.3 is 5.97 Å². The summed E-state index contributed by atoms with van der Waals surface area (Å²) in [4.78, 5) is 50.6. The Morgan fingerprint density at radius 1 is 1.17 bits per heavy atom. The predicted molar refractivity (Wildman–Crippen MR) is 127 cm³/mol. The molecule has 0 aromatic heterocycles. The summed E-state index contributed by atoms with van der Waals surface area (Å²) in [5, 5.41) is 1.98. The number of methoxy groups -OCH3 is 1. The number of esters is 1. The van der Waals surface area contributed by atoms with Gasteiger partial charge in [-0.25, -0.2) is 9.18 Å². The molecule has 1 N–H and O–H groups in total. The first-order chi connectivity index (χ1) is 16.7. The fraction of sp³-hybridized carbons (Fsp3) is 0.250. The van der Waals surface area contributed by atoms with Crippen LogP contribution in [0.15, 0.2) is 47.4 Å². The molecule has 1 heterocycles. The third-order valence-corrected chi connectivity index (χ3v) is 5.71. The fourth-order valence-corrected chi connectivity index (χ4v) is 4.05. The van der Waals surface area contributed by atoms with Crippen molar-refractivity contribution in [1.29, 1.82) is 0 Å². The van der Waals surface area contributed by atoms with Crippen LogP contribution in [0, 0.1) is 5.82 Å². The maximum atomic E-state index is 13.1. The number of anilines is 1. The SMILES string of the molecule is CCOC(=O)[C@H](C)N1C(=O)S/C(=C/c2cccc(OC)c2OCC(=O)Nc2ccc(F)cc2)C1=O. The van der Waals surface area contributed by atoms with Gasteiger partial charge in [-0.2, -0.15) is 0 Å². The molecule has 9 nitrogen and oxygen atoms in total. The van der Waals surface area contributed by atoms with Crippen LogP contribution in [-0.2, 0) is 19.1 Å². The van der Waals surface area contributed by atoms with Crippen molar-refractivity contribution in [3.8, 4) is 11.5 Å². The molecule has 1 saturated heterocycles. The molecule has 0 aliphatic carbocycles. The molecule has 2 aromatic carbocycles. The van der Waals surface area contributed by atoms with E-state index in [4.69, 9.17) is 14.2 Å². The molecule has 0 spiro atoms. The molecule has 0 radical (unpaired) electrons. The van der Waals surface area contributed by atoms with Gasteiger partial charge < -0.3 is 19.5 Å². The lowest BCUT2D eigenvalue weighted by atomic mass is 10.1. The van der Waals surface area contributed by atoms with E-state index in [0.29, 0.717) is 28.8 Å². The van der Waals surface area contributed by atoms with Crippen molar-refractivity contribution in [2.75, 3.05) is 25.6 Å². The summed E-state index contributed by atoms with van der Waals surface area (Å²) in [6.07, 6.45) is 1.43. The second kappa shape index (κ2) is 11.5. The fourth-order valence-electron chi connectivity index (χ4n) is 3.15. The Morgan fingerprint density at radius 2 is 1.89 bits per heavy atom. The van der Waals surface area contributed by atoms with E-state index in [2.05, 4.69) is 5.32 Å². The standard InChI is InChI=1S/C24H23FN2O7S/c1-4-33-23(30)14(2)27-22(29)19(35-24(27)31)12-15-6-5-7-18(32-3)21(15)34-13-20(28)26-17-10-8-16(25)9-11-17/h5-12,14H,4,13H2,1-3H3,(H,26,28)/b19-12+/t14-/m0/s1. The molecule has 1 fully saturated rings. The number of halogens is 1. The highest BCUT2D eigenvalue weighted by atomic mass is 32.2. The van der Waals surface area contributed by atoms with Gasteiger partial charge in [-0.05, 0) is 62.0 Å². The lowest BCUT2D eigenvalue weighted by molar-refractivity contribution is -0.150. The summed E-state index contributed by atoms with van der Waals surface area (Å²) in [6.45, 7) is 2.76. The average Bonchev–Trinajstić information content (AvgIpc) is 3.11. The van der Waals surface area contributed by atoms with Crippen LogP contribution in [-0.4, -0.2) is 54.3 Å². The van der Waals surface area contributed by atoms with Crippen molar-refractivity contribution in [2.24, 2.45) is 0 Å². The minimum absolute atomic E-state index is 0.0695. The Labute approximate surface area is 205 Å². The average molecular weight is 503 g/mol. The van der Waals surface area contributed by atoms with Gasteiger partial charge in [0.2, 0.25) is 0 Å². The van der Waals surface area contributed by atoms with Gasteiger partial charge in [-0.1, -0.05) is 12.1 Å². The Bertz CT molecular complexity index is 1170. The lowest BCUT2D eigenvalue weighted by Crippen LogP contribution is -2.42. The summed E-state index contributed by atoms with van der Waals surface area (Å²) < 4.78 is 29.0. The van der Waals surface area contributed by atoms with E-state index in [-0.39, 0.29) is 17.3 Å². The highest BCUT2D eigenvalue weighted by Crippen LogP contribution is 2.38. The Balaban J connectivity index is 1.79. The van der Waals surface area contributed by atoms with Crippen LogP contribution in [0.2, 0.25) is 0 Å². The van der Waals surface area contributed by atoms with Gasteiger partial charge in [0.05, 0.1) is 18.6 Å². The van der Waals surface area contributed by atoms with Crippen molar-refractivity contribution in [1.82, 2.24) is 4.90 Å². The number of nitrogens with zero attached hydrogens (tertiary/aromatic N) is 1. The number of para-hydroxylation sites is 1. The van der Waals surface area contributed by atoms with Crippen LogP contribution in [0.5, 0.6) is 11.5 Å². The predicted octanol–water partition coefficient (Wildman–Crippen LogP) is 3.84. The number of thioether (sulfide) groups is 1. The minimum Gasteiger partial charge on any atom is -0.493 e. The third kappa shape index (κ3) is 6.18. The number of ether oxygens (including phenoxy) is 3. The second-order valence-corrected chi connectivity index (χ2v) is 8.20. The van der Waals surface area contributed by atoms with Crippen LogP contribution >= 0.6 is 11.8 Å². The van der Waals surface area contributed by atoms with Crippen LogP contribution in [0.25, 0.3) is 6.08 Å². The summed E-state index contributed by atoms with van der Waals surface area (Å²) in [5.41, 5.74) is 0.776. The molecular formula is C24H23FN2O7S. The quantitative estimate of drug-likeness (QED) is 0.407. The first-order valence-electron chi connectivity index (χ1n) is 10.5. The largest absolute Gasteiger partial charge is 0.493 e. The monoisotopic (exact) mass is 502 g/mol. The van der Waals surface area contributed by atoms with Crippen LogP contribution in [0.1, 0.15) is 19.4 Å². The number of amides is 3. The molecule has 3 amide bonds. The van der Waals surface area contributed by atoms with Crippen molar-refractivity contribution in [3.05, 3.63) is 58.8 Å². The van der Waals surface area contributed by atoms with E-state index in [1.165, 1.54) is 44.4 Å². The molecule has 1 aliphatic heterocycles. The van der Waals surface area contributed by atoms with Crippen molar-refractivity contribution >= 4 is 46.5 Å². The topological polar surface area (TPSA) is 111 Å². The molecule has 3 rings (SSSR count). The summed E-state index contributed by atoms with van der Waals surface area (Å²) >= 11 is 0.674. The number of hydrogen-bond acceptors (Lipinski definition) is 8. The van der Waals surface area contributed by atoms with Crippen LogP contribution in [0.4, 0.5) is 14.9 Å². The number of benzene rings is 2. The van der Waals surface area contributed by atoms with Gasteiger partial charge in [0.25, 0.3) is 17.1 Å². The number of carbonyl (C=O) groups is 4. The van der Waals surface area contributed by atoms with Gasteiger partial charge in [0.1, 0.15) is 11.9 Å². The van der Waals surface area contributed by atoms with Crippen molar-refractivity contribution in [3.63, 3.8) is 0 Å². The lowest BCUT2D eigenvalue weighted by Gasteiger charge is -2.19. The van der Waals surface area contributed by atoms with E-state index in [1.807, 2.05) is 0 Å². The number of rotatable bonds is 9. The summed E-state index contributed by atoms with van der Waals surface area (Å²) in [5.74, 6) is -1.80. The number of carbonyl (C=O) groups excluding carboxylic acids is 4. The van der Waals surface area contributed by atoms with E-state index < -0.39 is 41.5 Å². The van der Waals surface area contributed by atoms with Crippen LogP contribution in [0.3, 0.4) is 0 Å². The molecule has 11 heteroatoms. The van der Waals surface area contributed by atoms with Gasteiger partial charge in [0, 0.05) is 11.3 Å². The zero-order valence-corrected chi connectivity index (χ0v) is 20.0. The normalized spacial score (nSPS) is 15.2. The van der Waals surface area contributed by atoms with Crippen molar-refractivity contribution in [2.45, 2.75) is 19.9 Å². The van der Waals surface area contributed by atoms with E-state index in [0.717, 1.165) is 4.90 Å². The minimum atomic E-state index is -1.08. The second-order valence-electron chi connectivity index (χ2n) is 7.20. The molecule has 0 unspecified atom stereocenters. The van der Waals surface area contributed by atoms with Gasteiger partial charge in [-0.15, -0.1) is 0 Å². The van der Waals surface area contributed by atoms with E-state index in [9.17, 15) is 23.6 Å². The highest BCUT2D eigenvalue weighted by molar-refractivity contribution is 8.18. The first-order valence-corrected chi connectivity index (χ1v) is 11.4. The van der Waals surface area contributed by atoms with Crippen molar-refractivity contribution < 1.29 is 37.8 Å². The maximum absolute atomic E-state index is 13.1. The molecule has 1 aliphatic rings. The maximum Gasteiger partial charge on any atom is 0.329 e. The highest BCUT2D eigenvalue weighted by Gasteiger charge is 2.41. The Kier molecular flexibility index (Phi) is 8.48. The molecular weight excluding hydrogens is 479 g/mol. The Hall–Kier alpha value is -3.86. The molecule has 0 bridgehead atoms. The van der Waals surface area contributed by atoms with E-state index >= 15 is 0 Å². The zero-order valence-electron chi connectivity index (χ0n) is 19.2. The summed E-state index contributed by atoms with van der Waals surface area (Å²) in [7, 11) is 1.42. The molecule has 0 saturated carbocycles. The van der Waals surface area contributed by atoms with Gasteiger partial charge in [0.15, 0.2) is 18.1 Å². The number of nitrogens with one attached hydrogen (secondary N) is 1. The molecule has 1 atom stereocenters. The van der Waals surface area contributed by atoms with Crippen LogP contribution < -0.4 is 14.8 Å². The molecule has 35 heavy (non-hydrogen) atoms. The number of hydrogen-bond donors (Lipinski definition) is 1. The summed E-state index contributed by atoms with van der Waals surface area (Å²) in [6, 6.07) is 9.06. The first kappa shape index (κ1) is 25.8. The molecule has 2 aromatic rings. The molecule has 184 valence electrons. The zero-order chi connectivity index (χ0) is 25.5. The van der Waals surface area contributed by atoms with E-state index in [1.54, 1.807) is 25.1 Å². The third-order valence-electron chi connectivity index (χ3n) is 4.83. The Morgan fingerprint density at radius 3 is 2.54 bits per heavy atom.